The third kappa shape index (κ3) is 2.41. The molecule has 0 unspecified atom stereocenters. The quantitative estimate of drug-likeness (QED) is 0.589. The highest BCUT2D eigenvalue weighted by Crippen LogP contribution is 2.10. The van der Waals surface area contributed by atoms with Crippen LogP contribution in [-0.2, 0) is 13.0 Å². The van der Waals surface area contributed by atoms with Crippen molar-refractivity contribution in [2.24, 2.45) is 0 Å². The minimum Gasteiger partial charge on any atom is -0.358 e. The molecule has 0 aliphatic carbocycles. The molecule has 0 saturated heterocycles. The molecule has 0 aliphatic heterocycles. The van der Waals surface area contributed by atoms with E-state index in [9.17, 15) is 10.1 Å². The first-order valence-corrected chi connectivity index (χ1v) is 5.37. The molecule has 2 aromatic heterocycles. The molecule has 0 N–H and O–H groups in total. The first kappa shape index (κ1) is 9.85. The van der Waals surface area contributed by atoms with Crippen LogP contribution in [0.5, 0.6) is 0 Å². The molecule has 0 fully saturated rings. The van der Waals surface area contributed by atoms with Crippen LogP contribution in [0.15, 0.2) is 29.4 Å². The molecule has 15 heavy (non-hydrogen) atoms. The molecule has 6 heteroatoms. The Morgan fingerprint density at radius 2 is 2.47 bits per heavy atom. The molecule has 0 atom stereocenters. The fourth-order valence-electron chi connectivity index (χ4n) is 1.26. The van der Waals surface area contributed by atoms with Gasteiger partial charge in [-0.2, -0.15) is 11.3 Å². The lowest BCUT2D eigenvalue weighted by molar-refractivity contribution is -0.389. The first-order chi connectivity index (χ1) is 7.25. The Bertz CT molecular complexity index is 450. The Morgan fingerprint density at radius 3 is 3.07 bits per heavy atom. The Morgan fingerprint density at radius 1 is 1.60 bits per heavy atom. The van der Waals surface area contributed by atoms with Crippen molar-refractivity contribution >= 4 is 17.2 Å². The summed E-state index contributed by atoms with van der Waals surface area (Å²) in [6, 6.07) is 2.05. The predicted octanol–water partition coefficient (Wildman–Crippen LogP) is 2.10. The van der Waals surface area contributed by atoms with E-state index in [4.69, 9.17) is 0 Å². The van der Waals surface area contributed by atoms with Crippen molar-refractivity contribution in [3.05, 3.63) is 45.0 Å². The summed E-state index contributed by atoms with van der Waals surface area (Å²) < 4.78 is 1.73. The Hall–Kier alpha value is -1.69. The lowest BCUT2D eigenvalue weighted by atomic mass is 10.2. The summed E-state index contributed by atoms with van der Waals surface area (Å²) in [4.78, 5) is 13.6. The summed E-state index contributed by atoms with van der Waals surface area (Å²) in [5.74, 6) is -0.0969. The molecule has 0 aromatic carbocycles. The predicted molar refractivity (Wildman–Crippen MR) is 56.9 cm³/mol. The van der Waals surface area contributed by atoms with Crippen LogP contribution in [0.1, 0.15) is 5.56 Å². The molecule has 2 rings (SSSR count). The van der Waals surface area contributed by atoms with Crippen LogP contribution >= 0.6 is 11.3 Å². The standard InChI is InChI=1S/C9H9N3O2S/c13-12(14)9-5-11(7-10-9)3-1-8-2-4-15-6-8/h2,4-7H,1,3H2. The number of aryl methyl sites for hydroxylation is 2. The van der Waals surface area contributed by atoms with Gasteiger partial charge in [0.05, 0.1) is 0 Å². The maximum absolute atomic E-state index is 10.4. The van der Waals surface area contributed by atoms with Crippen molar-refractivity contribution in [1.82, 2.24) is 9.55 Å². The zero-order valence-corrected chi connectivity index (χ0v) is 8.68. The van der Waals surface area contributed by atoms with Crippen molar-refractivity contribution in [3.63, 3.8) is 0 Å². The number of nitro groups is 1. The van der Waals surface area contributed by atoms with E-state index in [0.717, 1.165) is 13.0 Å². The second-order valence-electron chi connectivity index (χ2n) is 3.11. The van der Waals surface area contributed by atoms with Crippen LogP contribution in [0.25, 0.3) is 0 Å². The third-order valence-corrected chi connectivity index (χ3v) is 2.78. The SMILES string of the molecule is O=[N+]([O-])c1cn(CCc2ccsc2)cn1. The second-order valence-corrected chi connectivity index (χ2v) is 3.89. The summed E-state index contributed by atoms with van der Waals surface area (Å²) in [6.07, 6.45) is 3.81. The molecule has 2 aromatic rings. The van der Waals surface area contributed by atoms with E-state index < -0.39 is 4.92 Å². The normalized spacial score (nSPS) is 10.4. The van der Waals surface area contributed by atoms with Crippen molar-refractivity contribution in [1.29, 1.82) is 0 Å². The van der Waals surface area contributed by atoms with E-state index in [-0.39, 0.29) is 5.82 Å². The zero-order valence-electron chi connectivity index (χ0n) is 7.87. The van der Waals surface area contributed by atoms with Crippen molar-refractivity contribution in [2.75, 3.05) is 0 Å². The lowest BCUT2D eigenvalue weighted by Gasteiger charge is -1.97. The van der Waals surface area contributed by atoms with E-state index in [2.05, 4.69) is 16.4 Å². The summed E-state index contributed by atoms with van der Waals surface area (Å²) in [5.41, 5.74) is 1.25. The summed E-state index contributed by atoms with van der Waals surface area (Å²) in [5, 5.41) is 14.5. The molecule has 5 nitrogen and oxygen atoms in total. The summed E-state index contributed by atoms with van der Waals surface area (Å²) >= 11 is 1.65. The molecule has 0 radical (unpaired) electrons. The van der Waals surface area contributed by atoms with Gasteiger partial charge in [0.2, 0.25) is 6.33 Å². The van der Waals surface area contributed by atoms with E-state index in [1.807, 2.05) is 5.38 Å². The second kappa shape index (κ2) is 4.22. The van der Waals surface area contributed by atoms with E-state index in [0.29, 0.717) is 0 Å². The Kier molecular flexibility index (Phi) is 2.77. The molecule has 0 amide bonds. The monoisotopic (exact) mass is 223 g/mol. The maximum Gasteiger partial charge on any atom is 0.381 e. The van der Waals surface area contributed by atoms with Crippen LogP contribution in [0.2, 0.25) is 0 Å². The van der Waals surface area contributed by atoms with Crippen molar-refractivity contribution < 1.29 is 4.92 Å². The fourth-order valence-corrected chi connectivity index (χ4v) is 1.96. The average Bonchev–Trinajstić information content (AvgIpc) is 2.86. The van der Waals surface area contributed by atoms with Crippen LogP contribution in [0.3, 0.4) is 0 Å². The summed E-state index contributed by atoms with van der Waals surface area (Å²) in [6.45, 7) is 0.720. The molecule has 2 heterocycles. The van der Waals surface area contributed by atoms with E-state index >= 15 is 0 Å². The molecular weight excluding hydrogens is 214 g/mol. The van der Waals surface area contributed by atoms with Crippen molar-refractivity contribution in [3.8, 4) is 0 Å². The lowest BCUT2D eigenvalue weighted by Crippen LogP contribution is -1.97. The van der Waals surface area contributed by atoms with Crippen LogP contribution in [-0.4, -0.2) is 14.5 Å². The van der Waals surface area contributed by atoms with Gasteiger partial charge in [0.15, 0.2) is 0 Å². The van der Waals surface area contributed by atoms with Gasteiger partial charge in [0, 0.05) is 6.54 Å². The highest BCUT2D eigenvalue weighted by atomic mass is 32.1. The highest BCUT2D eigenvalue weighted by Gasteiger charge is 2.09. The number of nitrogens with zero attached hydrogens (tertiary/aromatic N) is 3. The third-order valence-electron chi connectivity index (χ3n) is 2.05. The number of hydrogen-bond acceptors (Lipinski definition) is 4. The van der Waals surface area contributed by atoms with Gasteiger partial charge >= 0.3 is 5.82 Å². The molecule has 0 spiro atoms. The van der Waals surface area contributed by atoms with Gasteiger partial charge in [-0.25, -0.2) is 0 Å². The largest absolute Gasteiger partial charge is 0.381 e. The molecular formula is C9H9N3O2S. The van der Waals surface area contributed by atoms with Gasteiger partial charge in [-0.3, -0.25) is 0 Å². The minimum absolute atomic E-state index is 0.0969. The van der Waals surface area contributed by atoms with Gasteiger partial charge < -0.3 is 14.7 Å². The van der Waals surface area contributed by atoms with Crippen LogP contribution in [0.4, 0.5) is 5.82 Å². The number of aromatic nitrogens is 2. The maximum atomic E-state index is 10.4. The highest BCUT2D eigenvalue weighted by molar-refractivity contribution is 7.07. The topological polar surface area (TPSA) is 61.0 Å². The Balaban J connectivity index is 1.96. The Labute approximate surface area is 90.2 Å². The fraction of sp³-hybridized carbons (Fsp3) is 0.222. The first-order valence-electron chi connectivity index (χ1n) is 4.43. The number of imidazole rings is 1. The smallest absolute Gasteiger partial charge is 0.358 e. The molecule has 0 aliphatic rings. The summed E-state index contributed by atoms with van der Waals surface area (Å²) in [7, 11) is 0. The van der Waals surface area contributed by atoms with E-state index in [1.54, 1.807) is 15.9 Å². The van der Waals surface area contributed by atoms with Gasteiger partial charge in [-0.15, -0.1) is 0 Å². The average molecular weight is 223 g/mol. The minimum atomic E-state index is -0.485. The van der Waals surface area contributed by atoms with E-state index in [1.165, 1.54) is 18.1 Å². The van der Waals surface area contributed by atoms with Gasteiger partial charge in [-0.05, 0) is 38.7 Å². The molecule has 0 bridgehead atoms. The number of hydrogen-bond donors (Lipinski definition) is 0. The number of rotatable bonds is 4. The van der Waals surface area contributed by atoms with Gasteiger partial charge in [0.25, 0.3) is 0 Å². The zero-order chi connectivity index (χ0) is 10.7. The van der Waals surface area contributed by atoms with Gasteiger partial charge in [-0.1, -0.05) is 0 Å². The molecule has 78 valence electrons. The molecule has 0 saturated carbocycles. The number of thiophene rings is 1. The van der Waals surface area contributed by atoms with Crippen LogP contribution < -0.4 is 0 Å². The van der Waals surface area contributed by atoms with Gasteiger partial charge in [0.1, 0.15) is 6.20 Å². The van der Waals surface area contributed by atoms with Crippen molar-refractivity contribution in [2.45, 2.75) is 13.0 Å². The van der Waals surface area contributed by atoms with Crippen LogP contribution in [0, 0.1) is 10.1 Å².